The normalized spacial score (nSPS) is 21.2. The van der Waals surface area contributed by atoms with Gasteiger partial charge in [0.15, 0.2) is 0 Å². The number of nitrogens with one attached hydrogen (secondary N) is 1. The summed E-state index contributed by atoms with van der Waals surface area (Å²) in [4.78, 5) is 13.7. The van der Waals surface area contributed by atoms with E-state index < -0.39 is 24.9 Å². The molecule has 1 aliphatic rings. The highest BCUT2D eigenvalue weighted by Crippen LogP contribution is 2.22. The van der Waals surface area contributed by atoms with Crippen molar-refractivity contribution in [1.29, 1.82) is 0 Å². The molecule has 0 spiro atoms. The Morgan fingerprint density at radius 3 is 2.65 bits per heavy atom. The lowest BCUT2D eigenvalue weighted by atomic mass is 9.98. The van der Waals surface area contributed by atoms with E-state index in [0.717, 1.165) is 19.4 Å². The fourth-order valence-corrected chi connectivity index (χ4v) is 2.73. The van der Waals surface area contributed by atoms with Gasteiger partial charge in [0, 0.05) is 25.0 Å². The van der Waals surface area contributed by atoms with E-state index in [1.807, 2.05) is 0 Å². The van der Waals surface area contributed by atoms with Crippen LogP contribution in [0.5, 0.6) is 0 Å². The molecule has 0 radical (unpaired) electrons. The van der Waals surface area contributed by atoms with Gasteiger partial charge in [-0.2, -0.15) is 13.2 Å². The summed E-state index contributed by atoms with van der Waals surface area (Å²) in [6.07, 6.45) is -1.45. The van der Waals surface area contributed by atoms with Crippen molar-refractivity contribution in [2.75, 3.05) is 13.1 Å². The number of hydrogen-bond donors (Lipinski definition) is 1. The van der Waals surface area contributed by atoms with Crippen LogP contribution in [0.2, 0.25) is 0 Å². The van der Waals surface area contributed by atoms with Crippen LogP contribution in [0.25, 0.3) is 0 Å². The zero-order chi connectivity index (χ0) is 15.2. The number of likely N-dealkylation sites (tertiary alicyclic amines) is 1. The smallest absolute Gasteiger partial charge is 0.356 e. The summed E-state index contributed by atoms with van der Waals surface area (Å²) in [5, 5.41) is 2.60. The maximum absolute atomic E-state index is 12.0. The third kappa shape index (κ3) is 6.59. The first-order valence-electron chi connectivity index (χ1n) is 7.39. The van der Waals surface area contributed by atoms with Crippen LogP contribution < -0.4 is 5.32 Å². The molecule has 0 aliphatic carbocycles. The molecular formula is C14H25F3N2O. The SMILES string of the molecule is CC(C)N1CCCC[C@H]1CCNC(=O)CCC(F)(F)F. The predicted octanol–water partition coefficient (Wildman–Crippen LogP) is 3.10. The van der Waals surface area contributed by atoms with Crippen LogP contribution in [-0.2, 0) is 4.79 Å². The molecule has 0 aromatic heterocycles. The maximum Gasteiger partial charge on any atom is 0.389 e. The molecule has 1 rings (SSSR count). The van der Waals surface area contributed by atoms with Gasteiger partial charge in [-0.15, -0.1) is 0 Å². The molecule has 1 N–H and O–H groups in total. The minimum Gasteiger partial charge on any atom is -0.356 e. The lowest BCUT2D eigenvalue weighted by molar-refractivity contribution is -0.144. The molecule has 3 nitrogen and oxygen atoms in total. The van der Waals surface area contributed by atoms with Crippen LogP contribution in [0.15, 0.2) is 0 Å². The summed E-state index contributed by atoms with van der Waals surface area (Å²) >= 11 is 0. The number of nitrogens with zero attached hydrogens (tertiary/aromatic N) is 1. The van der Waals surface area contributed by atoms with Gasteiger partial charge in [0.2, 0.25) is 5.91 Å². The molecule has 1 fully saturated rings. The van der Waals surface area contributed by atoms with Crippen LogP contribution in [0, 0.1) is 0 Å². The lowest BCUT2D eigenvalue weighted by Crippen LogP contribution is -2.45. The van der Waals surface area contributed by atoms with Gasteiger partial charge in [0.1, 0.15) is 0 Å². The van der Waals surface area contributed by atoms with E-state index >= 15 is 0 Å². The van der Waals surface area contributed by atoms with Crippen LogP contribution in [0.1, 0.15) is 52.4 Å². The van der Waals surface area contributed by atoms with E-state index in [0.29, 0.717) is 18.6 Å². The molecule has 0 aromatic rings. The van der Waals surface area contributed by atoms with E-state index in [9.17, 15) is 18.0 Å². The van der Waals surface area contributed by atoms with E-state index in [1.165, 1.54) is 12.8 Å². The molecule has 118 valence electrons. The van der Waals surface area contributed by atoms with Gasteiger partial charge in [-0.05, 0) is 39.7 Å². The zero-order valence-corrected chi connectivity index (χ0v) is 12.3. The Morgan fingerprint density at radius 1 is 1.35 bits per heavy atom. The second kappa shape index (κ2) is 7.86. The number of amides is 1. The first-order valence-corrected chi connectivity index (χ1v) is 7.39. The highest BCUT2D eigenvalue weighted by molar-refractivity contribution is 5.75. The van der Waals surface area contributed by atoms with Crippen molar-refractivity contribution < 1.29 is 18.0 Å². The predicted molar refractivity (Wildman–Crippen MR) is 72.4 cm³/mol. The minimum absolute atomic E-state index is 0.437. The average molecular weight is 294 g/mol. The van der Waals surface area contributed by atoms with Crippen molar-refractivity contribution >= 4 is 5.91 Å². The molecule has 1 atom stereocenters. The molecule has 20 heavy (non-hydrogen) atoms. The number of piperidine rings is 1. The van der Waals surface area contributed by atoms with E-state index in [1.54, 1.807) is 0 Å². The number of carbonyl (C=O) groups excluding carboxylic acids is 1. The molecule has 1 aliphatic heterocycles. The van der Waals surface area contributed by atoms with Crippen molar-refractivity contribution in [3.05, 3.63) is 0 Å². The molecular weight excluding hydrogens is 269 g/mol. The molecule has 0 saturated carbocycles. The summed E-state index contributed by atoms with van der Waals surface area (Å²) in [6, 6.07) is 0.910. The molecule has 1 amide bonds. The van der Waals surface area contributed by atoms with E-state index in [-0.39, 0.29) is 0 Å². The van der Waals surface area contributed by atoms with Crippen LogP contribution in [-0.4, -0.2) is 42.2 Å². The van der Waals surface area contributed by atoms with Crippen molar-refractivity contribution in [3.8, 4) is 0 Å². The Labute approximate surface area is 118 Å². The van der Waals surface area contributed by atoms with Gasteiger partial charge >= 0.3 is 6.18 Å². The van der Waals surface area contributed by atoms with Gasteiger partial charge in [-0.3, -0.25) is 9.69 Å². The van der Waals surface area contributed by atoms with Crippen LogP contribution in [0.3, 0.4) is 0 Å². The standard InChI is InChI=1S/C14H25F3N2O/c1-11(2)19-10-4-3-5-12(19)7-9-18-13(20)6-8-14(15,16)17/h11-12H,3-10H2,1-2H3,(H,18,20)/t12-/m0/s1. The van der Waals surface area contributed by atoms with Crippen LogP contribution in [0.4, 0.5) is 13.2 Å². The second-order valence-electron chi connectivity index (χ2n) is 5.73. The van der Waals surface area contributed by atoms with Gasteiger partial charge in [-0.1, -0.05) is 6.42 Å². The monoisotopic (exact) mass is 294 g/mol. The first kappa shape index (κ1) is 17.3. The highest BCUT2D eigenvalue weighted by Gasteiger charge is 2.28. The summed E-state index contributed by atoms with van der Waals surface area (Å²) in [6.45, 7) is 5.84. The molecule has 0 bridgehead atoms. The summed E-state index contributed by atoms with van der Waals surface area (Å²) in [5.74, 6) is -0.505. The van der Waals surface area contributed by atoms with Crippen molar-refractivity contribution in [2.45, 2.75) is 70.6 Å². The zero-order valence-electron chi connectivity index (χ0n) is 12.3. The lowest BCUT2D eigenvalue weighted by Gasteiger charge is -2.38. The molecule has 0 aromatic carbocycles. The first-order chi connectivity index (χ1) is 9.29. The second-order valence-corrected chi connectivity index (χ2v) is 5.73. The highest BCUT2D eigenvalue weighted by atomic mass is 19.4. The third-order valence-corrected chi connectivity index (χ3v) is 3.77. The van der Waals surface area contributed by atoms with Gasteiger partial charge in [-0.25, -0.2) is 0 Å². The molecule has 1 saturated heterocycles. The van der Waals surface area contributed by atoms with Crippen LogP contribution >= 0.6 is 0 Å². The summed E-state index contributed by atoms with van der Waals surface area (Å²) in [5.41, 5.74) is 0. The number of alkyl halides is 3. The molecule has 1 heterocycles. The number of rotatable bonds is 6. The van der Waals surface area contributed by atoms with E-state index in [2.05, 4.69) is 24.1 Å². The minimum atomic E-state index is -4.25. The Balaban J connectivity index is 2.23. The van der Waals surface area contributed by atoms with E-state index in [4.69, 9.17) is 0 Å². The molecule has 0 unspecified atom stereocenters. The fourth-order valence-electron chi connectivity index (χ4n) is 2.73. The van der Waals surface area contributed by atoms with Crippen molar-refractivity contribution in [3.63, 3.8) is 0 Å². The number of carbonyl (C=O) groups is 1. The quantitative estimate of drug-likeness (QED) is 0.816. The Morgan fingerprint density at radius 2 is 2.05 bits per heavy atom. The fraction of sp³-hybridized carbons (Fsp3) is 0.929. The Bertz CT molecular complexity index is 305. The van der Waals surface area contributed by atoms with Gasteiger partial charge in [0.25, 0.3) is 0 Å². The maximum atomic E-state index is 12.0. The van der Waals surface area contributed by atoms with Crippen molar-refractivity contribution in [2.24, 2.45) is 0 Å². The summed E-state index contributed by atoms with van der Waals surface area (Å²) in [7, 11) is 0. The Hall–Kier alpha value is -0.780. The van der Waals surface area contributed by atoms with Crippen molar-refractivity contribution in [1.82, 2.24) is 10.2 Å². The summed E-state index contributed by atoms with van der Waals surface area (Å²) < 4.78 is 35.9. The Kier molecular flexibility index (Phi) is 6.79. The third-order valence-electron chi connectivity index (χ3n) is 3.77. The van der Waals surface area contributed by atoms with Gasteiger partial charge < -0.3 is 5.32 Å². The number of halogens is 3. The largest absolute Gasteiger partial charge is 0.389 e. The molecule has 6 heteroatoms. The van der Waals surface area contributed by atoms with Gasteiger partial charge in [0.05, 0.1) is 6.42 Å². The average Bonchev–Trinajstić information content (AvgIpc) is 2.36. The number of hydrogen-bond acceptors (Lipinski definition) is 2. The topological polar surface area (TPSA) is 32.3 Å².